The average molecular weight is 755 g/mol. The summed E-state index contributed by atoms with van der Waals surface area (Å²) < 4.78 is 8.82. The first kappa shape index (κ1) is 33.5. The van der Waals surface area contributed by atoms with Gasteiger partial charge in [-0.25, -0.2) is 0 Å². The van der Waals surface area contributed by atoms with Crippen LogP contribution >= 0.6 is 0 Å². The van der Waals surface area contributed by atoms with Crippen LogP contribution in [0.25, 0.3) is 71.7 Å². The van der Waals surface area contributed by atoms with Gasteiger partial charge in [0.25, 0.3) is 0 Å². The molecule has 0 unspecified atom stereocenters. The van der Waals surface area contributed by atoms with Crippen molar-refractivity contribution in [2.75, 3.05) is 4.90 Å². The van der Waals surface area contributed by atoms with Gasteiger partial charge in [0.05, 0.1) is 11.0 Å². The van der Waals surface area contributed by atoms with Gasteiger partial charge in [0.15, 0.2) is 0 Å². The van der Waals surface area contributed by atoms with Crippen molar-refractivity contribution in [3.05, 3.63) is 229 Å². The summed E-state index contributed by atoms with van der Waals surface area (Å²) in [4.78, 5) is 2.37. The predicted octanol–water partition coefficient (Wildman–Crippen LogP) is 15.2. The van der Waals surface area contributed by atoms with Crippen LogP contribution in [0.2, 0.25) is 0 Å². The highest BCUT2D eigenvalue weighted by Gasteiger charge is 2.40. The van der Waals surface area contributed by atoms with Gasteiger partial charge in [-0.2, -0.15) is 0 Å². The molecule has 0 bridgehead atoms. The lowest BCUT2D eigenvalue weighted by Gasteiger charge is -2.31. The molecule has 11 aromatic rings. The predicted molar refractivity (Wildman–Crippen MR) is 246 cm³/mol. The topological polar surface area (TPSA) is 21.3 Å². The molecule has 12 rings (SSSR count). The Balaban J connectivity index is 0.996. The molecular formula is C56H38N2O. The van der Waals surface area contributed by atoms with Crippen LogP contribution in [-0.2, 0) is 5.41 Å². The Labute approximate surface area is 342 Å². The maximum absolute atomic E-state index is 6.46. The van der Waals surface area contributed by atoms with E-state index in [-0.39, 0.29) is 5.41 Å². The van der Waals surface area contributed by atoms with Crippen LogP contribution < -0.4 is 4.90 Å². The van der Waals surface area contributed by atoms with Crippen LogP contribution in [0.1, 0.15) is 23.6 Å². The molecule has 0 saturated carbocycles. The van der Waals surface area contributed by atoms with Gasteiger partial charge in [0.1, 0.15) is 11.2 Å². The zero-order valence-electron chi connectivity index (χ0n) is 32.5. The smallest absolute Gasteiger partial charge is 0.137 e. The number of furan rings is 1. The van der Waals surface area contributed by atoms with Gasteiger partial charge in [0, 0.05) is 55.8 Å². The fourth-order valence-corrected chi connectivity index (χ4v) is 9.83. The Hall–Kier alpha value is -7.62. The van der Waals surface area contributed by atoms with Gasteiger partial charge < -0.3 is 13.9 Å². The first-order valence-corrected chi connectivity index (χ1v) is 20.3. The second kappa shape index (κ2) is 13.0. The van der Waals surface area contributed by atoms with E-state index in [2.05, 4.69) is 217 Å². The molecule has 0 radical (unpaired) electrons. The molecule has 0 saturated heterocycles. The minimum atomic E-state index is -0.316. The SMILES string of the molecule is CC1(c2cccc(N(c3ccc(-c4ccc5c(c4)c4ccccc4n5-c4ccccc4)cc3)c3ccc4c(c3)oc3ccccc34)c2)c2ccccc2-c2ccccc21. The standard InChI is InChI=1S/C56H38N2O/c1-56(50-22-9-5-18-44(50)45-19-6-10-23-51(45)56)39-14-13-17-42(35-39)57(43-31-32-48-47-21-8-12-25-54(47)59-55(48)36-43)41-29-26-37(27-30-41)38-28-33-53-49(34-38)46-20-7-11-24-52(46)58(53)40-15-3-2-4-16-40/h2-36H,1H3. The van der Waals surface area contributed by atoms with E-state index in [1.54, 1.807) is 0 Å². The van der Waals surface area contributed by atoms with E-state index >= 15 is 0 Å². The normalized spacial score (nSPS) is 13.0. The van der Waals surface area contributed by atoms with Crippen LogP contribution in [0.5, 0.6) is 0 Å². The van der Waals surface area contributed by atoms with E-state index in [0.29, 0.717) is 0 Å². The molecular weight excluding hydrogens is 717 g/mol. The van der Waals surface area contributed by atoms with E-state index < -0.39 is 0 Å². The monoisotopic (exact) mass is 754 g/mol. The minimum Gasteiger partial charge on any atom is -0.456 e. The molecule has 1 aliphatic rings. The van der Waals surface area contributed by atoms with Gasteiger partial charge in [-0.3, -0.25) is 0 Å². The van der Waals surface area contributed by atoms with E-state index in [1.807, 2.05) is 12.1 Å². The highest BCUT2D eigenvalue weighted by molar-refractivity contribution is 6.10. The zero-order valence-corrected chi connectivity index (χ0v) is 32.5. The number of anilines is 3. The molecule has 0 atom stereocenters. The molecule has 9 aromatic carbocycles. The number of hydrogen-bond acceptors (Lipinski definition) is 2. The van der Waals surface area contributed by atoms with Crippen molar-refractivity contribution in [3.8, 4) is 27.9 Å². The Kier molecular flexibility index (Phi) is 7.36. The average Bonchev–Trinajstić information content (AvgIpc) is 3.93. The van der Waals surface area contributed by atoms with Gasteiger partial charge in [-0.05, 0) is 119 Å². The van der Waals surface area contributed by atoms with Crippen molar-refractivity contribution >= 4 is 60.8 Å². The summed E-state index contributed by atoms with van der Waals surface area (Å²) in [6.45, 7) is 2.38. The van der Waals surface area contributed by atoms with E-state index in [1.165, 1.54) is 60.8 Å². The fraction of sp³-hybridized carbons (Fsp3) is 0.0357. The summed E-state index contributed by atoms with van der Waals surface area (Å²) in [5.41, 5.74) is 17.1. The van der Waals surface area contributed by atoms with Gasteiger partial charge in [-0.1, -0.05) is 133 Å². The fourth-order valence-electron chi connectivity index (χ4n) is 9.83. The minimum absolute atomic E-state index is 0.316. The van der Waals surface area contributed by atoms with Crippen molar-refractivity contribution in [2.24, 2.45) is 0 Å². The summed E-state index contributed by atoms with van der Waals surface area (Å²) in [5, 5.41) is 4.73. The summed E-state index contributed by atoms with van der Waals surface area (Å²) in [7, 11) is 0. The molecule has 2 aromatic heterocycles. The Bertz CT molecular complexity index is 3360. The number of rotatable bonds is 6. The molecule has 0 spiro atoms. The van der Waals surface area contributed by atoms with Crippen LogP contribution in [0.3, 0.4) is 0 Å². The number of benzene rings is 9. The van der Waals surface area contributed by atoms with Crippen LogP contribution in [0.4, 0.5) is 17.1 Å². The number of para-hydroxylation sites is 3. The molecule has 59 heavy (non-hydrogen) atoms. The van der Waals surface area contributed by atoms with E-state index in [4.69, 9.17) is 4.42 Å². The maximum atomic E-state index is 6.46. The number of nitrogens with zero attached hydrogens (tertiary/aromatic N) is 2. The Morgan fingerprint density at radius 2 is 1.02 bits per heavy atom. The lowest BCUT2D eigenvalue weighted by Crippen LogP contribution is -2.23. The third-order valence-electron chi connectivity index (χ3n) is 12.7. The Morgan fingerprint density at radius 3 is 1.81 bits per heavy atom. The van der Waals surface area contributed by atoms with E-state index in [0.717, 1.165) is 44.7 Å². The zero-order chi connectivity index (χ0) is 39.1. The lowest BCUT2D eigenvalue weighted by atomic mass is 9.74. The second-order valence-corrected chi connectivity index (χ2v) is 15.8. The maximum Gasteiger partial charge on any atom is 0.137 e. The van der Waals surface area contributed by atoms with E-state index in [9.17, 15) is 0 Å². The van der Waals surface area contributed by atoms with Crippen molar-refractivity contribution in [1.82, 2.24) is 4.57 Å². The summed E-state index contributed by atoms with van der Waals surface area (Å²) in [6.07, 6.45) is 0. The van der Waals surface area contributed by atoms with Crippen molar-refractivity contribution < 1.29 is 4.42 Å². The third-order valence-corrected chi connectivity index (χ3v) is 12.7. The van der Waals surface area contributed by atoms with Gasteiger partial charge in [0.2, 0.25) is 0 Å². The molecule has 2 heterocycles. The molecule has 0 N–H and O–H groups in total. The quantitative estimate of drug-likeness (QED) is 0.169. The molecule has 0 fully saturated rings. The van der Waals surface area contributed by atoms with Crippen LogP contribution in [-0.4, -0.2) is 4.57 Å². The number of hydrogen-bond donors (Lipinski definition) is 0. The first-order chi connectivity index (χ1) is 29.1. The molecule has 3 heteroatoms. The van der Waals surface area contributed by atoms with Crippen LogP contribution in [0.15, 0.2) is 217 Å². The highest BCUT2D eigenvalue weighted by atomic mass is 16.3. The first-order valence-electron chi connectivity index (χ1n) is 20.3. The van der Waals surface area contributed by atoms with Gasteiger partial charge in [-0.15, -0.1) is 0 Å². The molecule has 3 nitrogen and oxygen atoms in total. The third kappa shape index (κ3) is 5.08. The number of aromatic nitrogens is 1. The summed E-state index contributed by atoms with van der Waals surface area (Å²) >= 11 is 0. The second-order valence-electron chi connectivity index (χ2n) is 15.8. The molecule has 0 amide bonds. The molecule has 0 aliphatic heterocycles. The van der Waals surface area contributed by atoms with Crippen molar-refractivity contribution in [3.63, 3.8) is 0 Å². The number of fused-ring (bicyclic) bond motifs is 9. The molecule has 278 valence electrons. The van der Waals surface area contributed by atoms with Crippen molar-refractivity contribution in [2.45, 2.75) is 12.3 Å². The Morgan fingerprint density at radius 1 is 0.407 bits per heavy atom. The van der Waals surface area contributed by atoms with Gasteiger partial charge >= 0.3 is 0 Å². The summed E-state index contributed by atoms with van der Waals surface area (Å²) in [6, 6.07) is 77.0. The summed E-state index contributed by atoms with van der Waals surface area (Å²) in [5.74, 6) is 0. The molecule has 1 aliphatic carbocycles. The van der Waals surface area contributed by atoms with Crippen molar-refractivity contribution in [1.29, 1.82) is 0 Å². The highest BCUT2D eigenvalue weighted by Crippen LogP contribution is 2.53. The lowest BCUT2D eigenvalue weighted by molar-refractivity contribution is 0.669. The van der Waals surface area contributed by atoms with Crippen LogP contribution in [0, 0.1) is 0 Å². The largest absolute Gasteiger partial charge is 0.456 e.